The third-order valence-electron chi connectivity index (χ3n) is 5.85. The zero-order valence-electron chi connectivity index (χ0n) is 16.9. The van der Waals surface area contributed by atoms with E-state index in [1.54, 1.807) is 0 Å². The van der Waals surface area contributed by atoms with Crippen molar-refractivity contribution in [1.29, 1.82) is 0 Å². The summed E-state index contributed by atoms with van der Waals surface area (Å²) in [5.41, 5.74) is 0. The first-order valence-corrected chi connectivity index (χ1v) is 11.6. The summed E-state index contributed by atoms with van der Waals surface area (Å²) in [4.78, 5) is 0. The second kappa shape index (κ2) is 17.6. The van der Waals surface area contributed by atoms with Crippen molar-refractivity contribution in [3.8, 4) is 0 Å². The molecular weight excluding hydrogens is 288 g/mol. The van der Waals surface area contributed by atoms with Gasteiger partial charge in [-0.15, -0.1) is 0 Å². The van der Waals surface area contributed by atoms with E-state index in [2.05, 4.69) is 19.1 Å². The normalized spacial score (nSPS) is 16.2. The van der Waals surface area contributed by atoms with Crippen LogP contribution in [0.25, 0.3) is 0 Å². The summed E-state index contributed by atoms with van der Waals surface area (Å²) in [7, 11) is 0. The van der Waals surface area contributed by atoms with Gasteiger partial charge in [0, 0.05) is 0 Å². The van der Waals surface area contributed by atoms with Crippen LogP contribution in [0.2, 0.25) is 0 Å². The van der Waals surface area contributed by atoms with E-state index in [1.807, 2.05) is 0 Å². The van der Waals surface area contributed by atoms with Gasteiger partial charge in [-0.1, -0.05) is 122 Å². The van der Waals surface area contributed by atoms with E-state index >= 15 is 0 Å². The lowest BCUT2D eigenvalue weighted by Gasteiger charge is -2.21. The largest absolute Gasteiger partial charge is 0.0885 e. The maximum Gasteiger partial charge on any atom is -0.0351 e. The Morgan fingerprint density at radius 3 is 1.67 bits per heavy atom. The molecule has 0 aromatic carbocycles. The molecule has 0 amide bonds. The van der Waals surface area contributed by atoms with Gasteiger partial charge in [-0.25, -0.2) is 0 Å². The van der Waals surface area contributed by atoms with Gasteiger partial charge in [0.1, 0.15) is 0 Å². The van der Waals surface area contributed by atoms with Crippen LogP contribution in [0.5, 0.6) is 0 Å². The molecule has 0 aromatic rings. The molecule has 1 aliphatic rings. The lowest BCUT2D eigenvalue weighted by molar-refractivity contribution is 0.328. The molecule has 0 bridgehead atoms. The van der Waals surface area contributed by atoms with Gasteiger partial charge >= 0.3 is 0 Å². The van der Waals surface area contributed by atoms with Gasteiger partial charge in [-0.2, -0.15) is 0 Å². The van der Waals surface area contributed by atoms with Crippen LogP contribution in [-0.2, 0) is 0 Å². The molecule has 0 heteroatoms. The van der Waals surface area contributed by atoms with E-state index in [1.165, 1.54) is 128 Å². The fourth-order valence-corrected chi connectivity index (χ4v) is 4.16. The zero-order valence-corrected chi connectivity index (χ0v) is 16.9. The predicted octanol–water partition coefficient (Wildman–Crippen LogP) is 8.99. The van der Waals surface area contributed by atoms with E-state index in [0.717, 1.165) is 5.92 Å². The fraction of sp³-hybridized carbons (Fsp3) is 0.917. The summed E-state index contributed by atoms with van der Waals surface area (Å²) < 4.78 is 0. The van der Waals surface area contributed by atoms with Crippen molar-refractivity contribution >= 4 is 0 Å². The van der Waals surface area contributed by atoms with Gasteiger partial charge in [0.25, 0.3) is 0 Å². The van der Waals surface area contributed by atoms with Crippen molar-refractivity contribution in [2.24, 2.45) is 5.92 Å². The van der Waals surface area contributed by atoms with Crippen LogP contribution in [0.1, 0.15) is 135 Å². The molecule has 0 saturated heterocycles. The van der Waals surface area contributed by atoms with Crippen LogP contribution in [0.3, 0.4) is 0 Å². The van der Waals surface area contributed by atoms with Crippen molar-refractivity contribution < 1.29 is 0 Å². The first-order chi connectivity index (χ1) is 11.9. The predicted molar refractivity (Wildman–Crippen MR) is 111 cm³/mol. The summed E-state index contributed by atoms with van der Waals surface area (Å²) in [6.45, 7) is 2.29. The molecule has 142 valence electrons. The van der Waals surface area contributed by atoms with Crippen LogP contribution in [0.4, 0.5) is 0 Å². The molecule has 1 saturated carbocycles. The van der Waals surface area contributed by atoms with Gasteiger partial charge < -0.3 is 0 Å². The van der Waals surface area contributed by atoms with E-state index in [-0.39, 0.29) is 0 Å². The number of unbranched alkanes of at least 4 members (excludes halogenated alkanes) is 12. The number of hydrogen-bond acceptors (Lipinski definition) is 0. The number of allylic oxidation sites excluding steroid dienone is 2. The highest BCUT2D eigenvalue weighted by Gasteiger charge is 2.12. The third kappa shape index (κ3) is 14.1. The Hall–Kier alpha value is -0.260. The van der Waals surface area contributed by atoms with Crippen LogP contribution >= 0.6 is 0 Å². The summed E-state index contributed by atoms with van der Waals surface area (Å²) in [6.07, 6.45) is 33.9. The highest BCUT2D eigenvalue weighted by atomic mass is 14.2. The first kappa shape index (κ1) is 21.8. The molecule has 0 radical (unpaired) electrons. The summed E-state index contributed by atoms with van der Waals surface area (Å²) in [6, 6.07) is 0. The molecular formula is C24H46. The molecule has 0 aromatic heterocycles. The summed E-state index contributed by atoms with van der Waals surface area (Å²) in [5.74, 6) is 1.09. The molecule has 1 rings (SSSR count). The van der Waals surface area contributed by atoms with Crippen LogP contribution in [0.15, 0.2) is 12.2 Å². The molecule has 0 heterocycles. The Labute approximate surface area is 153 Å². The quantitative estimate of drug-likeness (QED) is 0.195. The Kier molecular flexibility index (Phi) is 15.9. The molecule has 0 atom stereocenters. The molecule has 0 spiro atoms. The Morgan fingerprint density at radius 1 is 0.583 bits per heavy atom. The molecule has 1 aliphatic carbocycles. The zero-order chi connectivity index (χ0) is 17.1. The van der Waals surface area contributed by atoms with Crippen LogP contribution < -0.4 is 0 Å². The summed E-state index contributed by atoms with van der Waals surface area (Å²) >= 11 is 0. The van der Waals surface area contributed by atoms with Crippen LogP contribution in [0, 0.1) is 5.92 Å². The van der Waals surface area contributed by atoms with Crippen LogP contribution in [-0.4, -0.2) is 0 Å². The topological polar surface area (TPSA) is 0 Å². The molecule has 0 N–H and O–H groups in total. The monoisotopic (exact) mass is 334 g/mol. The SMILES string of the molecule is CCCCCCCC/C=C\CCCCCCCCC1CCCCC1. The molecule has 24 heavy (non-hydrogen) atoms. The fourth-order valence-electron chi connectivity index (χ4n) is 4.16. The van der Waals surface area contributed by atoms with Crippen molar-refractivity contribution in [3.63, 3.8) is 0 Å². The number of rotatable bonds is 16. The highest BCUT2D eigenvalue weighted by Crippen LogP contribution is 2.28. The minimum atomic E-state index is 1.09. The van der Waals surface area contributed by atoms with Gasteiger partial charge in [0.05, 0.1) is 0 Å². The Balaban J connectivity index is 1.71. The average Bonchev–Trinajstić information content (AvgIpc) is 2.62. The van der Waals surface area contributed by atoms with E-state index in [9.17, 15) is 0 Å². The van der Waals surface area contributed by atoms with Gasteiger partial charge in [0.2, 0.25) is 0 Å². The minimum Gasteiger partial charge on any atom is -0.0885 e. The van der Waals surface area contributed by atoms with Gasteiger partial charge in [-0.05, 0) is 31.6 Å². The Morgan fingerprint density at radius 2 is 1.08 bits per heavy atom. The molecule has 0 unspecified atom stereocenters. The number of hydrogen-bond donors (Lipinski definition) is 0. The second-order valence-corrected chi connectivity index (χ2v) is 8.23. The van der Waals surface area contributed by atoms with Crippen molar-refractivity contribution in [2.75, 3.05) is 0 Å². The Bertz CT molecular complexity index is 259. The molecule has 1 fully saturated rings. The lowest BCUT2D eigenvalue weighted by Crippen LogP contribution is -2.05. The average molecular weight is 335 g/mol. The second-order valence-electron chi connectivity index (χ2n) is 8.23. The van der Waals surface area contributed by atoms with Crippen molar-refractivity contribution in [2.45, 2.75) is 135 Å². The minimum absolute atomic E-state index is 1.09. The van der Waals surface area contributed by atoms with Crippen molar-refractivity contribution in [3.05, 3.63) is 12.2 Å². The highest BCUT2D eigenvalue weighted by molar-refractivity contribution is 4.81. The van der Waals surface area contributed by atoms with Crippen molar-refractivity contribution in [1.82, 2.24) is 0 Å². The summed E-state index contributed by atoms with van der Waals surface area (Å²) in [5, 5.41) is 0. The smallest absolute Gasteiger partial charge is 0.0351 e. The standard InChI is InChI=1S/C24H46/c1-2-3-4-5-6-7-8-9-10-11-12-13-14-15-16-18-21-24-22-19-17-20-23-24/h9-10,24H,2-8,11-23H2,1H3/b10-9-. The molecule has 0 aliphatic heterocycles. The van der Waals surface area contributed by atoms with Gasteiger partial charge in [-0.3, -0.25) is 0 Å². The van der Waals surface area contributed by atoms with E-state index in [0.29, 0.717) is 0 Å². The van der Waals surface area contributed by atoms with E-state index in [4.69, 9.17) is 0 Å². The maximum atomic E-state index is 2.44. The maximum absolute atomic E-state index is 2.44. The first-order valence-electron chi connectivity index (χ1n) is 11.6. The lowest BCUT2D eigenvalue weighted by atomic mass is 9.85. The van der Waals surface area contributed by atoms with Gasteiger partial charge in [0.15, 0.2) is 0 Å². The van der Waals surface area contributed by atoms with E-state index < -0.39 is 0 Å². The third-order valence-corrected chi connectivity index (χ3v) is 5.85. The molecule has 0 nitrogen and oxygen atoms in total.